The lowest BCUT2D eigenvalue weighted by atomic mass is 9.76. The first-order chi connectivity index (χ1) is 12.6. The smallest absolute Gasteiger partial charge is 0.312 e. The third-order valence-electron chi connectivity index (χ3n) is 6.18. The van der Waals surface area contributed by atoms with Gasteiger partial charge < -0.3 is 4.74 Å². The Kier molecular flexibility index (Phi) is 6.63. The molecule has 142 valence electrons. The molecule has 0 bridgehead atoms. The van der Waals surface area contributed by atoms with Crippen LogP contribution in [0.4, 0.5) is 8.78 Å². The second-order valence-electron chi connectivity index (χ2n) is 7.84. The fourth-order valence-electron chi connectivity index (χ4n) is 4.39. The van der Waals surface area contributed by atoms with Crippen molar-refractivity contribution in [2.75, 3.05) is 0 Å². The SMILES string of the molecule is CCC1CCC(CCC2(OC(F)F)C=CC(c3ccccc3)=CC2)CC1. The van der Waals surface area contributed by atoms with E-state index in [4.69, 9.17) is 4.74 Å². The van der Waals surface area contributed by atoms with E-state index < -0.39 is 12.2 Å². The van der Waals surface area contributed by atoms with Crippen LogP contribution < -0.4 is 0 Å². The summed E-state index contributed by atoms with van der Waals surface area (Å²) in [7, 11) is 0. The molecule has 26 heavy (non-hydrogen) atoms. The molecular weight excluding hydrogens is 330 g/mol. The summed E-state index contributed by atoms with van der Waals surface area (Å²) in [5, 5.41) is 0. The molecule has 1 atom stereocenters. The molecule has 2 aliphatic rings. The Labute approximate surface area is 156 Å². The van der Waals surface area contributed by atoms with Crippen molar-refractivity contribution in [1.82, 2.24) is 0 Å². The molecule has 1 aromatic rings. The Bertz CT molecular complexity index is 614. The number of alkyl halides is 2. The van der Waals surface area contributed by atoms with Crippen LogP contribution in [0.5, 0.6) is 0 Å². The van der Waals surface area contributed by atoms with Crippen LogP contribution in [0.1, 0.15) is 63.9 Å². The van der Waals surface area contributed by atoms with E-state index >= 15 is 0 Å². The van der Waals surface area contributed by atoms with E-state index in [1.165, 1.54) is 32.1 Å². The Morgan fingerprint density at radius 2 is 1.77 bits per heavy atom. The van der Waals surface area contributed by atoms with Gasteiger partial charge in [0, 0.05) is 0 Å². The molecule has 0 spiro atoms. The van der Waals surface area contributed by atoms with Crippen molar-refractivity contribution in [2.24, 2.45) is 11.8 Å². The highest BCUT2D eigenvalue weighted by molar-refractivity contribution is 5.75. The van der Waals surface area contributed by atoms with Gasteiger partial charge in [-0.25, -0.2) is 0 Å². The molecule has 0 radical (unpaired) electrons. The lowest BCUT2D eigenvalue weighted by molar-refractivity contribution is -0.194. The third-order valence-corrected chi connectivity index (χ3v) is 6.18. The summed E-state index contributed by atoms with van der Waals surface area (Å²) in [6.45, 7) is -0.470. The molecule has 3 heteroatoms. The minimum absolute atomic E-state index is 0.516. The van der Waals surface area contributed by atoms with E-state index in [0.29, 0.717) is 18.8 Å². The van der Waals surface area contributed by atoms with Crippen molar-refractivity contribution in [3.63, 3.8) is 0 Å². The summed E-state index contributed by atoms with van der Waals surface area (Å²) < 4.78 is 31.3. The largest absolute Gasteiger partial charge is 0.346 e. The normalized spacial score (nSPS) is 29.0. The summed E-state index contributed by atoms with van der Waals surface area (Å²) in [6, 6.07) is 10.1. The number of ether oxygens (including phenoxy) is 1. The second-order valence-corrected chi connectivity index (χ2v) is 7.84. The van der Waals surface area contributed by atoms with Crippen molar-refractivity contribution in [3.05, 3.63) is 54.1 Å². The topological polar surface area (TPSA) is 9.23 Å². The van der Waals surface area contributed by atoms with E-state index in [2.05, 4.69) is 6.92 Å². The first-order valence-corrected chi connectivity index (χ1v) is 10.0. The minimum Gasteiger partial charge on any atom is -0.312 e. The molecule has 0 N–H and O–H groups in total. The lowest BCUT2D eigenvalue weighted by Gasteiger charge is -2.35. The molecule has 1 unspecified atom stereocenters. The number of hydrogen-bond acceptors (Lipinski definition) is 1. The summed E-state index contributed by atoms with van der Waals surface area (Å²) in [6.07, 6.45) is 14.4. The van der Waals surface area contributed by atoms with Gasteiger partial charge in [0.15, 0.2) is 0 Å². The molecule has 1 fully saturated rings. The number of halogens is 2. The zero-order chi connectivity index (χ0) is 18.4. The molecule has 2 aliphatic carbocycles. The highest BCUT2D eigenvalue weighted by Crippen LogP contribution is 2.39. The van der Waals surface area contributed by atoms with Gasteiger partial charge in [0.2, 0.25) is 0 Å². The standard InChI is InChI=1S/C23H30F2O/c1-2-18-8-10-19(11-9-18)12-15-23(26-22(24)25)16-13-21(14-17-23)20-6-4-3-5-7-20/h3-7,13-14,16,18-19,22H,2,8-12,15,17H2,1H3. The van der Waals surface area contributed by atoms with Gasteiger partial charge in [-0.1, -0.05) is 87.6 Å². The predicted octanol–water partition coefficient (Wildman–Crippen LogP) is 7.00. The van der Waals surface area contributed by atoms with Crippen molar-refractivity contribution >= 4 is 5.57 Å². The van der Waals surface area contributed by atoms with Crippen LogP contribution in [0, 0.1) is 11.8 Å². The summed E-state index contributed by atoms with van der Waals surface area (Å²) >= 11 is 0. The van der Waals surface area contributed by atoms with Crippen molar-refractivity contribution < 1.29 is 13.5 Å². The van der Waals surface area contributed by atoms with Gasteiger partial charge in [-0.05, 0) is 42.2 Å². The van der Waals surface area contributed by atoms with Crippen LogP contribution >= 0.6 is 0 Å². The summed E-state index contributed by atoms with van der Waals surface area (Å²) in [5.74, 6) is 1.52. The number of hydrogen-bond donors (Lipinski definition) is 0. The van der Waals surface area contributed by atoms with Crippen LogP contribution in [-0.4, -0.2) is 12.2 Å². The maximum absolute atomic E-state index is 13.1. The molecular formula is C23H30F2O. The fourth-order valence-corrected chi connectivity index (χ4v) is 4.39. The van der Waals surface area contributed by atoms with E-state index in [9.17, 15) is 8.78 Å². The van der Waals surface area contributed by atoms with Gasteiger partial charge in [0.1, 0.15) is 0 Å². The minimum atomic E-state index is -2.73. The van der Waals surface area contributed by atoms with E-state index in [-0.39, 0.29) is 0 Å². The van der Waals surface area contributed by atoms with Crippen molar-refractivity contribution in [2.45, 2.75) is 70.5 Å². The first kappa shape index (κ1) is 19.3. The Morgan fingerprint density at radius 1 is 1.08 bits per heavy atom. The number of rotatable bonds is 7. The van der Waals surface area contributed by atoms with Crippen molar-refractivity contribution in [3.8, 4) is 0 Å². The molecule has 0 saturated heterocycles. The molecule has 3 rings (SSSR count). The predicted molar refractivity (Wildman–Crippen MR) is 103 cm³/mol. The molecule has 1 nitrogen and oxygen atoms in total. The molecule has 0 heterocycles. The zero-order valence-corrected chi connectivity index (χ0v) is 15.7. The molecule has 1 aromatic carbocycles. The number of allylic oxidation sites excluding steroid dienone is 2. The van der Waals surface area contributed by atoms with Crippen LogP contribution in [-0.2, 0) is 4.74 Å². The Morgan fingerprint density at radius 3 is 2.35 bits per heavy atom. The summed E-state index contributed by atoms with van der Waals surface area (Å²) in [4.78, 5) is 0. The van der Waals surface area contributed by atoms with E-state index in [1.54, 1.807) is 0 Å². The fraction of sp³-hybridized carbons (Fsp3) is 0.565. The lowest BCUT2D eigenvalue weighted by Crippen LogP contribution is -2.34. The Balaban J connectivity index is 1.62. The third kappa shape index (κ3) is 5.03. The van der Waals surface area contributed by atoms with Crippen LogP contribution in [0.15, 0.2) is 48.6 Å². The van der Waals surface area contributed by atoms with E-state index in [0.717, 1.165) is 23.5 Å². The summed E-state index contributed by atoms with van der Waals surface area (Å²) in [5.41, 5.74) is 1.35. The van der Waals surface area contributed by atoms with Crippen LogP contribution in [0.3, 0.4) is 0 Å². The zero-order valence-electron chi connectivity index (χ0n) is 15.7. The highest BCUT2D eigenvalue weighted by atomic mass is 19.3. The van der Waals surface area contributed by atoms with Gasteiger partial charge in [0.05, 0.1) is 5.60 Å². The maximum atomic E-state index is 13.1. The highest BCUT2D eigenvalue weighted by Gasteiger charge is 2.34. The molecule has 0 aliphatic heterocycles. The quantitative estimate of drug-likeness (QED) is 0.508. The maximum Gasteiger partial charge on any atom is 0.346 e. The van der Waals surface area contributed by atoms with Crippen molar-refractivity contribution in [1.29, 1.82) is 0 Å². The average Bonchev–Trinajstić information content (AvgIpc) is 2.68. The van der Waals surface area contributed by atoms with Crippen LogP contribution in [0.25, 0.3) is 5.57 Å². The van der Waals surface area contributed by atoms with Gasteiger partial charge in [-0.2, -0.15) is 8.78 Å². The number of benzene rings is 1. The average molecular weight is 360 g/mol. The first-order valence-electron chi connectivity index (χ1n) is 10.0. The van der Waals surface area contributed by atoms with Gasteiger partial charge in [-0.3, -0.25) is 0 Å². The van der Waals surface area contributed by atoms with Gasteiger partial charge >= 0.3 is 6.61 Å². The van der Waals surface area contributed by atoms with Gasteiger partial charge in [-0.15, -0.1) is 0 Å². The molecule has 1 saturated carbocycles. The van der Waals surface area contributed by atoms with Crippen LogP contribution in [0.2, 0.25) is 0 Å². The molecule has 0 amide bonds. The molecule has 0 aromatic heterocycles. The second kappa shape index (κ2) is 8.94. The van der Waals surface area contributed by atoms with E-state index in [1.807, 2.05) is 48.6 Å². The Hall–Kier alpha value is -1.48. The van der Waals surface area contributed by atoms with Gasteiger partial charge in [0.25, 0.3) is 0 Å². The monoisotopic (exact) mass is 360 g/mol.